The lowest BCUT2D eigenvalue weighted by atomic mass is 10.1. The average Bonchev–Trinajstić information content (AvgIpc) is 2.28. The molecule has 1 rings (SSSR count). The van der Waals surface area contributed by atoms with Gasteiger partial charge in [0.15, 0.2) is 0 Å². The summed E-state index contributed by atoms with van der Waals surface area (Å²) >= 11 is 8.46. The van der Waals surface area contributed by atoms with Crippen molar-refractivity contribution in [3.63, 3.8) is 0 Å². The summed E-state index contributed by atoms with van der Waals surface area (Å²) in [5.41, 5.74) is 6.77. The largest absolute Gasteiger partial charge is 0.496 e. The van der Waals surface area contributed by atoms with Crippen molar-refractivity contribution in [3.8, 4) is 5.75 Å². The van der Waals surface area contributed by atoms with Crippen LogP contribution in [-0.4, -0.2) is 30.6 Å². The van der Waals surface area contributed by atoms with Gasteiger partial charge in [0.1, 0.15) is 5.75 Å². The van der Waals surface area contributed by atoms with Crippen LogP contribution >= 0.6 is 28.1 Å². The predicted octanol–water partition coefficient (Wildman–Crippen LogP) is 2.81. The summed E-state index contributed by atoms with van der Waals surface area (Å²) in [5, 5.41) is 0. The van der Waals surface area contributed by atoms with Crippen LogP contribution in [0.15, 0.2) is 22.7 Å². The van der Waals surface area contributed by atoms with Crippen LogP contribution in [0.3, 0.4) is 0 Å². The van der Waals surface area contributed by atoms with Crippen LogP contribution in [0.5, 0.6) is 5.75 Å². The number of nitrogens with two attached hydrogens (primary N) is 1. The minimum absolute atomic E-state index is 0.211. The predicted molar refractivity (Wildman–Crippen MR) is 83.0 cm³/mol. The molecule has 3 nitrogen and oxygen atoms in total. The molecule has 1 aromatic carbocycles. The summed E-state index contributed by atoms with van der Waals surface area (Å²) in [7, 11) is 3.74. The maximum absolute atomic E-state index is 5.63. The number of ether oxygens (including phenoxy) is 1. The van der Waals surface area contributed by atoms with Crippen LogP contribution in [0.1, 0.15) is 12.5 Å². The molecule has 18 heavy (non-hydrogen) atoms. The van der Waals surface area contributed by atoms with E-state index in [2.05, 4.69) is 33.9 Å². The highest BCUT2D eigenvalue weighted by atomic mass is 79.9. The third kappa shape index (κ3) is 4.55. The first-order valence-electron chi connectivity index (χ1n) is 5.74. The third-order valence-corrected chi connectivity index (χ3v) is 3.65. The molecular weight excluding hydrogens is 312 g/mol. The van der Waals surface area contributed by atoms with Gasteiger partial charge < -0.3 is 15.4 Å². The van der Waals surface area contributed by atoms with E-state index in [-0.39, 0.29) is 5.92 Å². The molecule has 1 aromatic rings. The molecule has 0 saturated carbocycles. The first kappa shape index (κ1) is 15.4. The molecule has 0 spiro atoms. The van der Waals surface area contributed by atoms with E-state index in [1.807, 2.05) is 19.1 Å². The Morgan fingerprint density at radius 1 is 1.56 bits per heavy atom. The molecule has 0 amide bonds. The number of halogens is 1. The quantitative estimate of drug-likeness (QED) is 0.814. The number of methoxy groups -OCH3 is 1. The molecule has 0 aromatic heterocycles. The normalized spacial score (nSPS) is 12.5. The van der Waals surface area contributed by atoms with Crippen LogP contribution in [0.2, 0.25) is 0 Å². The number of thiocarbonyl (C=S) groups is 1. The van der Waals surface area contributed by atoms with Crippen molar-refractivity contribution in [1.29, 1.82) is 0 Å². The van der Waals surface area contributed by atoms with Crippen LogP contribution in [0, 0.1) is 5.92 Å². The molecular formula is C13H19BrN2OS. The second-order valence-corrected chi connectivity index (χ2v) is 5.84. The summed E-state index contributed by atoms with van der Waals surface area (Å²) < 4.78 is 6.41. The standard InChI is InChI=1S/C13H19BrN2OS/c1-9(13(15)18)7-16(2)8-10-6-11(14)4-5-12(10)17-3/h4-6,9H,7-8H2,1-3H3,(H2,15,18). The lowest BCUT2D eigenvalue weighted by molar-refractivity contribution is 0.300. The number of hydrogen-bond acceptors (Lipinski definition) is 3. The van der Waals surface area contributed by atoms with E-state index < -0.39 is 0 Å². The van der Waals surface area contributed by atoms with Crippen molar-refractivity contribution >= 4 is 33.1 Å². The van der Waals surface area contributed by atoms with Crippen molar-refractivity contribution in [3.05, 3.63) is 28.2 Å². The van der Waals surface area contributed by atoms with Gasteiger partial charge in [-0.15, -0.1) is 0 Å². The molecule has 0 aliphatic rings. The number of benzene rings is 1. The summed E-state index contributed by atoms with van der Waals surface area (Å²) in [6.45, 7) is 3.68. The molecule has 0 bridgehead atoms. The lowest BCUT2D eigenvalue weighted by Crippen LogP contribution is -2.31. The van der Waals surface area contributed by atoms with Gasteiger partial charge >= 0.3 is 0 Å². The second kappa shape index (κ2) is 7.07. The van der Waals surface area contributed by atoms with Gasteiger partial charge in [-0.05, 0) is 25.2 Å². The van der Waals surface area contributed by atoms with Gasteiger partial charge in [0.05, 0.1) is 12.1 Å². The zero-order valence-corrected chi connectivity index (χ0v) is 13.3. The zero-order chi connectivity index (χ0) is 13.7. The Morgan fingerprint density at radius 2 is 2.22 bits per heavy atom. The Bertz CT molecular complexity index is 425. The summed E-state index contributed by atoms with van der Waals surface area (Å²) in [5.74, 6) is 1.11. The molecule has 100 valence electrons. The fraction of sp³-hybridized carbons (Fsp3) is 0.462. The van der Waals surface area contributed by atoms with E-state index in [1.165, 1.54) is 0 Å². The Kier molecular flexibility index (Phi) is 6.05. The maximum Gasteiger partial charge on any atom is 0.123 e. The number of hydrogen-bond donors (Lipinski definition) is 1. The Balaban J connectivity index is 2.71. The third-order valence-electron chi connectivity index (χ3n) is 2.75. The Hall–Kier alpha value is -0.650. The van der Waals surface area contributed by atoms with Gasteiger partial charge in [-0.3, -0.25) is 0 Å². The minimum atomic E-state index is 0.211. The van der Waals surface area contributed by atoms with Crippen molar-refractivity contribution in [2.24, 2.45) is 11.7 Å². The van der Waals surface area contributed by atoms with Crippen LogP contribution in [0.25, 0.3) is 0 Å². The monoisotopic (exact) mass is 330 g/mol. The first-order chi connectivity index (χ1) is 8.43. The van der Waals surface area contributed by atoms with E-state index in [1.54, 1.807) is 7.11 Å². The van der Waals surface area contributed by atoms with Crippen molar-refractivity contribution < 1.29 is 4.74 Å². The molecule has 0 radical (unpaired) electrons. The zero-order valence-electron chi connectivity index (χ0n) is 10.9. The summed E-state index contributed by atoms with van der Waals surface area (Å²) in [6.07, 6.45) is 0. The molecule has 0 aliphatic carbocycles. The smallest absolute Gasteiger partial charge is 0.123 e. The van der Waals surface area contributed by atoms with Gasteiger partial charge in [-0.1, -0.05) is 35.1 Å². The fourth-order valence-corrected chi connectivity index (χ4v) is 2.27. The summed E-state index contributed by atoms with van der Waals surface area (Å²) in [4.78, 5) is 2.75. The second-order valence-electron chi connectivity index (χ2n) is 4.46. The fourth-order valence-electron chi connectivity index (χ4n) is 1.78. The molecule has 0 heterocycles. The molecule has 0 fully saturated rings. The Morgan fingerprint density at radius 3 is 2.78 bits per heavy atom. The van der Waals surface area contributed by atoms with E-state index in [0.717, 1.165) is 28.9 Å². The van der Waals surface area contributed by atoms with Crippen molar-refractivity contribution in [1.82, 2.24) is 4.90 Å². The highest BCUT2D eigenvalue weighted by Crippen LogP contribution is 2.24. The number of nitrogens with zero attached hydrogens (tertiary/aromatic N) is 1. The molecule has 0 saturated heterocycles. The van der Waals surface area contributed by atoms with E-state index in [9.17, 15) is 0 Å². The van der Waals surface area contributed by atoms with E-state index in [0.29, 0.717) is 4.99 Å². The van der Waals surface area contributed by atoms with Crippen LogP contribution in [0.4, 0.5) is 0 Å². The Labute approximate surface area is 122 Å². The maximum atomic E-state index is 5.63. The molecule has 1 unspecified atom stereocenters. The number of rotatable bonds is 6. The minimum Gasteiger partial charge on any atom is -0.496 e. The highest BCUT2D eigenvalue weighted by Gasteiger charge is 2.11. The van der Waals surface area contributed by atoms with E-state index >= 15 is 0 Å². The summed E-state index contributed by atoms with van der Waals surface area (Å²) in [6, 6.07) is 6.00. The van der Waals surface area contributed by atoms with Gasteiger partial charge in [-0.25, -0.2) is 0 Å². The molecule has 0 aliphatic heterocycles. The van der Waals surface area contributed by atoms with Gasteiger partial charge in [-0.2, -0.15) is 0 Å². The van der Waals surface area contributed by atoms with E-state index in [4.69, 9.17) is 22.7 Å². The molecule has 1 atom stereocenters. The van der Waals surface area contributed by atoms with Gasteiger partial charge in [0, 0.05) is 29.0 Å². The van der Waals surface area contributed by atoms with Crippen LogP contribution in [-0.2, 0) is 6.54 Å². The lowest BCUT2D eigenvalue weighted by Gasteiger charge is -2.21. The van der Waals surface area contributed by atoms with Crippen molar-refractivity contribution in [2.75, 3.05) is 20.7 Å². The van der Waals surface area contributed by atoms with Crippen molar-refractivity contribution in [2.45, 2.75) is 13.5 Å². The molecule has 5 heteroatoms. The average molecular weight is 331 g/mol. The highest BCUT2D eigenvalue weighted by molar-refractivity contribution is 9.10. The first-order valence-corrected chi connectivity index (χ1v) is 6.94. The van der Waals surface area contributed by atoms with Gasteiger partial charge in [0.25, 0.3) is 0 Å². The SMILES string of the molecule is COc1ccc(Br)cc1CN(C)CC(C)C(N)=S. The molecule has 2 N–H and O–H groups in total. The topological polar surface area (TPSA) is 38.5 Å². The van der Waals surface area contributed by atoms with Crippen LogP contribution < -0.4 is 10.5 Å². The van der Waals surface area contributed by atoms with Gasteiger partial charge in [0.2, 0.25) is 0 Å².